The molecule has 6 saturated heterocycles. The average molecular weight is 2010 g/mol. The van der Waals surface area contributed by atoms with E-state index in [0.29, 0.717) is 43.6 Å². The van der Waals surface area contributed by atoms with Crippen molar-refractivity contribution in [2.75, 3.05) is 74.0 Å². The number of nitrogens with zero attached hydrogens (tertiary/aromatic N) is 18. The van der Waals surface area contributed by atoms with Gasteiger partial charge < -0.3 is 176 Å². The number of H-pyrrole nitrogens is 6. The summed E-state index contributed by atoms with van der Waals surface area (Å²) in [6.45, 7) is -11.0. The molecule has 6 fully saturated rings. The molecule has 29 atom stereocenters. The lowest BCUT2D eigenvalue weighted by Gasteiger charge is -2.38. The maximum absolute atomic E-state index is 15.8. The Bertz CT molecular complexity index is 7470. The van der Waals surface area contributed by atoms with Crippen LogP contribution in [0.3, 0.4) is 0 Å². The van der Waals surface area contributed by atoms with E-state index in [1.807, 2.05) is 0 Å². The highest BCUT2D eigenvalue weighted by molar-refractivity contribution is 7.56. The third-order valence-electron chi connectivity index (χ3n) is 23.5. The van der Waals surface area contributed by atoms with Gasteiger partial charge in [-0.1, -0.05) is 0 Å². The third-order valence-corrected chi connectivity index (χ3v) is 33.3. The first kappa shape index (κ1) is 94.3. The summed E-state index contributed by atoms with van der Waals surface area (Å²) in [5, 5.41) is 138. The second-order valence-electron chi connectivity index (χ2n) is 31.2. The summed E-state index contributed by atoms with van der Waals surface area (Å²) in [6.07, 6.45) is -45.9. The summed E-state index contributed by atoms with van der Waals surface area (Å²) in [7, 11) is -33.3. The lowest BCUT2D eigenvalue weighted by Crippen LogP contribution is -2.53. The minimum absolute atomic E-state index is 0.332. The zero-order chi connectivity index (χ0) is 97.3. The molecule has 0 radical (unpaired) electrons. The normalized spacial score (nSPS) is 34.0. The van der Waals surface area contributed by atoms with Gasteiger partial charge in [0, 0.05) is 0 Å². The predicted molar refractivity (Wildman–Crippen MR) is 432 cm³/mol. The summed E-state index contributed by atoms with van der Waals surface area (Å²) in [4.78, 5) is 199. The Labute approximate surface area is 737 Å². The van der Waals surface area contributed by atoms with Crippen LogP contribution in [0.2, 0.25) is 0 Å². The van der Waals surface area contributed by atoms with Crippen molar-refractivity contribution >= 4 is 141 Å². The minimum Gasteiger partial charge on any atom is -0.394 e. The van der Waals surface area contributed by atoms with Crippen LogP contribution in [0.15, 0.2) is 66.7 Å². The van der Waals surface area contributed by atoms with E-state index >= 15 is 18.3 Å². The molecule has 6 aliphatic rings. The molecule has 70 nitrogen and oxygen atoms in total. The van der Waals surface area contributed by atoms with Crippen molar-refractivity contribution in [1.29, 1.82) is 0 Å². The van der Waals surface area contributed by atoms with Crippen molar-refractivity contribution < 1.29 is 165 Å². The summed E-state index contributed by atoms with van der Waals surface area (Å²) in [5.41, 5.74) is 21.5. The number of nitrogens with two attached hydrogens (primary N) is 6. The number of aliphatic hydroxyl groups excluding tert-OH is 8. The zero-order valence-corrected chi connectivity index (χ0v) is 71.4. The number of ether oxygens (including phenoxy) is 6. The van der Waals surface area contributed by atoms with Crippen LogP contribution in [0.4, 0.5) is 35.7 Å². The Morgan fingerprint density at radius 3 is 0.696 bits per heavy atom. The molecular formula is C60H73N30O40P5. The Hall–Kier alpha value is -11.1. The fourth-order valence-electron chi connectivity index (χ4n) is 16.6. The van der Waals surface area contributed by atoms with Gasteiger partial charge in [-0.3, -0.25) is 109 Å². The topological polar surface area (TPSA) is 1090 Å². The zero-order valence-electron chi connectivity index (χ0n) is 67.0. The molecule has 6 aliphatic heterocycles. The van der Waals surface area contributed by atoms with Crippen molar-refractivity contribution in [2.45, 2.75) is 143 Å². The number of imidazole rings is 6. The van der Waals surface area contributed by atoms with Crippen molar-refractivity contribution in [3.63, 3.8) is 0 Å². The fourth-order valence-corrected chi connectivity index (χ4v) is 24.2. The summed E-state index contributed by atoms with van der Waals surface area (Å²) in [6, 6.07) is 0. The number of rotatable bonds is 27. The molecule has 0 spiro atoms. The first-order valence-corrected chi connectivity index (χ1v) is 46.3. The quantitative estimate of drug-likeness (QED) is 0.0213. The van der Waals surface area contributed by atoms with Crippen LogP contribution >= 0.6 is 38.0 Å². The van der Waals surface area contributed by atoms with E-state index in [0.717, 1.165) is 21.8 Å². The molecular weight excluding hydrogens is 1940 g/mol. The van der Waals surface area contributed by atoms with Gasteiger partial charge in [-0.05, 0) is 0 Å². The molecule has 5 unspecified atom stereocenters. The SMILES string of the molecule is Nc1nc2c(ncn2[C@@H]2O[C@H](COP(=O)(O)[C@@]3(O)[C@@H](COP(=O)(O)[C@@]4(O)[C@@H](COP(=O)(O)[C@@]5(O)[C@@H](COP(=O)(O)[C@@]6(O)[C@@H](COP(=O)(O)[C@@]7(O)[C@@H](CO)O[C@@H](n8cnc9c(=O)[nH]c(N)nc98)[C@@H]7O)O[C@@H](n7cnc8c(=O)[nH]c(N)nc87)[C@@H]6O)O[C@@H](n6cnc7c(=O)[nH]c(N)nc76)[C@@H]5O)O[C@@H](n5cnc6c(=O)[nH]c(N)nc65)[C@@H]4O)O[C@@H](n4cnc5c(=O)[nH]c(N)nc54)[C@@H]3O)[C@@H](O)[C@H]2O)c(=O)[nH]1. The van der Waals surface area contributed by atoms with Gasteiger partial charge in [0.1, 0.15) is 79.4 Å². The molecule has 18 rings (SSSR count). The molecule has 36 N–H and O–H groups in total. The minimum atomic E-state index is -6.92. The average Bonchev–Trinajstić information content (AvgIpc) is 1.62. The maximum atomic E-state index is 15.8. The van der Waals surface area contributed by atoms with Gasteiger partial charge in [0.2, 0.25) is 62.4 Å². The van der Waals surface area contributed by atoms with Gasteiger partial charge in [-0.25, -0.2) is 29.9 Å². The number of nitrogen functional groups attached to an aromatic ring is 6. The first-order chi connectivity index (χ1) is 63.3. The van der Waals surface area contributed by atoms with E-state index < -0.39 is 346 Å². The second kappa shape index (κ2) is 32.5. The standard InChI is InChI=1S/C60H73N30O40P5/c61-50-73-32-19(38(99)79-50)67-7-85(32)44-26(93)25(92)13(125-44)2-120-132(112,113)57(106)15(127-46(28(57)95)87-9-69-21-34(87)75-52(63)81-40(21)101)4-122-134(116,117)59(108)17(129-48(30(59)97)89-11-71-23-36(89)77-54(65)83-42(23)103)6-124-135(118,119)60(109)18(130-49(31(60)98)90-12-72-24-37(90)78-55(66)84-43(24)104)5-123-133(114,115)58(107)16(128-47(29(58)96)88-10-70-22-35(88)76-53(64)82-41(22)102)3-121-131(110,111)56(105)14(1-91)126-45(27(56)94)86-8-68-20-33(86)74-51(62)80-39(20)100/h7-18,25-31,44-49,91-98,105-109H,1-6H2,(H,110,111)(H,112,113)(H,114,115)(H,116,117)(H,118,119)(H3,61,73,79,99)(H3,62,74,80,100)(H3,63,75,81,101)(H3,64,76,82,102)(H3,65,77,83,103)(H3,66,78,84,104)/t13-,14-,15-,16-,17-,18-,25-,26-,27+,28+,29+,30+,31+,44-,45-,46-,47-,48-,49-,56+,57+,58+,59+,60+/m1/s1. The molecule has 75 heteroatoms. The van der Waals surface area contributed by atoms with Crippen molar-refractivity contribution in [1.82, 2.24) is 117 Å². The van der Waals surface area contributed by atoms with E-state index in [1.54, 1.807) is 0 Å². The van der Waals surface area contributed by atoms with Gasteiger partial charge in [0.15, 0.2) is 104 Å². The van der Waals surface area contributed by atoms with Gasteiger partial charge in [0.05, 0.1) is 77.6 Å². The van der Waals surface area contributed by atoms with Crippen LogP contribution < -0.4 is 67.8 Å². The van der Waals surface area contributed by atoms with Crippen LogP contribution in [0.25, 0.3) is 67.0 Å². The van der Waals surface area contributed by atoms with Crippen molar-refractivity contribution in [3.05, 3.63) is 100 Å². The lowest BCUT2D eigenvalue weighted by atomic mass is 10.1. The highest BCUT2D eigenvalue weighted by atomic mass is 31.2. The maximum Gasteiger partial charge on any atom is 0.365 e. The van der Waals surface area contributed by atoms with Crippen LogP contribution in [0, 0.1) is 0 Å². The van der Waals surface area contributed by atoms with Gasteiger partial charge in [-0.15, -0.1) is 0 Å². The van der Waals surface area contributed by atoms with Crippen molar-refractivity contribution in [3.8, 4) is 0 Å². The van der Waals surface area contributed by atoms with Crippen molar-refractivity contribution in [2.24, 2.45) is 0 Å². The molecule has 18 heterocycles. The molecule has 0 saturated carbocycles. The molecule has 0 aliphatic carbocycles. The summed E-state index contributed by atoms with van der Waals surface area (Å²) < 4.78 is 142. The number of nitrogens with one attached hydrogen (secondary N) is 6. The van der Waals surface area contributed by atoms with Crippen LogP contribution in [-0.4, -0.2) is 354 Å². The summed E-state index contributed by atoms with van der Waals surface area (Å²) >= 11 is 0. The van der Waals surface area contributed by atoms with Gasteiger partial charge in [0.25, 0.3) is 33.4 Å². The Balaban J connectivity index is 0.674. The number of aliphatic hydroxyl groups is 13. The van der Waals surface area contributed by atoms with E-state index in [9.17, 15) is 124 Å². The molecule has 12 aromatic heterocycles. The Kier molecular flexibility index (Phi) is 22.7. The molecule has 12 aromatic rings. The Morgan fingerprint density at radius 1 is 0.304 bits per heavy atom. The number of hydrogen-bond donors (Lipinski definition) is 30. The first-order valence-electron chi connectivity index (χ1n) is 38.4. The molecule has 0 amide bonds. The van der Waals surface area contributed by atoms with E-state index in [-0.39, 0.29) is 11.2 Å². The van der Waals surface area contributed by atoms with E-state index in [2.05, 4.69) is 89.7 Å². The number of aromatic nitrogens is 24. The highest BCUT2D eigenvalue weighted by Gasteiger charge is 2.75. The molecule has 135 heavy (non-hydrogen) atoms. The Morgan fingerprint density at radius 2 is 0.489 bits per heavy atom. The summed E-state index contributed by atoms with van der Waals surface area (Å²) in [5.74, 6) is -3.79. The van der Waals surface area contributed by atoms with E-state index in [4.69, 9.17) is 85.4 Å². The number of aromatic amines is 6. The number of hydrogen-bond acceptors (Lipinski definition) is 53. The highest BCUT2D eigenvalue weighted by Crippen LogP contribution is 2.71. The molecule has 728 valence electrons. The third kappa shape index (κ3) is 14.2. The molecule has 0 bridgehead atoms. The largest absolute Gasteiger partial charge is 0.394 e. The molecule has 0 aromatic carbocycles. The number of anilines is 6. The van der Waals surface area contributed by atoms with Gasteiger partial charge in [-0.2, -0.15) is 29.9 Å². The van der Waals surface area contributed by atoms with E-state index in [1.165, 1.54) is 0 Å². The monoisotopic (exact) mass is 2010 g/mol. The van der Waals surface area contributed by atoms with Crippen LogP contribution in [-0.2, 0) is 73.9 Å². The predicted octanol–water partition coefficient (Wildman–Crippen LogP) is -13.4. The fraction of sp³-hybridized carbons (Fsp3) is 0.500. The van der Waals surface area contributed by atoms with Crippen LogP contribution in [0.1, 0.15) is 37.4 Å². The smallest absolute Gasteiger partial charge is 0.365 e. The number of fused-ring (bicyclic) bond motifs is 6. The lowest BCUT2D eigenvalue weighted by molar-refractivity contribution is -0.0848. The van der Waals surface area contributed by atoms with Gasteiger partial charge >= 0.3 is 38.0 Å². The van der Waals surface area contributed by atoms with Crippen LogP contribution in [0.5, 0.6) is 0 Å². The second-order valence-corrected chi connectivity index (χ2v) is 41.3.